The van der Waals surface area contributed by atoms with E-state index in [-0.39, 0.29) is 17.7 Å². The Morgan fingerprint density at radius 3 is 2.56 bits per heavy atom. The quantitative estimate of drug-likeness (QED) is 0.463. The Kier molecular flexibility index (Phi) is 7.95. The van der Waals surface area contributed by atoms with Crippen LogP contribution in [0.3, 0.4) is 0 Å². The van der Waals surface area contributed by atoms with E-state index in [2.05, 4.69) is 20.6 Å². The van der Waals surface area contributed by atoms with Crippen LogP contribution >= 0.6 is 34.3 Å². The molecule has 0 aliphatic carbocycles. The first-order chi connectivity index (χ1) is 16.0. The van der Waals surface area contributed by atoms with Crippen molar-refractivity contribution in [2.75, 3.05) is 7.11 Å². The van der Waals surface area contributed by atoms with Crippen molar-refractivity contribution in [3.05, 3.63) is 49.2 Å². The number of thiophene rings is 1. The predicted molar refractivity (Wildman–Crippen MR) is 128 cm³/mol. The van der Waals surface area contributed by atoms with Gasteiger partial charge in [-0.05, 0) is 32.2 Å². The molecule has 3 N–H and O–H groups in total. The molecule has 0 radical (unpaired) electrons. The Labute approximate surface area is 208 Å². The number of nitrogens with zero attached hydrogens (tertiary/aromatic N) is 2. The molecule has 1 amide bonds. The summed E-state index contributed by atoms with van der Waals surface area (Å²) in [5.41, 5.74) is -0.521. The summed E-state index contributed by atoms with van der Waals surface area (Å²) in [4.78, 5) is 46.6. The van der Waals surface area contributed by atoms with Gasteiger partial charge in [0, 0.05) is 23.7 Å². The first-order valence-electron chi connectivity index (χ1n) is 10.0. The zero-order chi connectivity index (χ0) is 25.0. The molecule has 34 heavy (non-hydrogen) atoms. The van der Waals surface area contributed by atoms with Crippen molar-refractivity contribution in [2.45, 2.75) is 44.9 Å². The van der Waals surface area contributed by atoms with Crippen molar-refractivity contribution in [3.63, 3.8) is 0 Å². The van der Waals surface area contributed by atoms with Gasteiger partial charge in [0.05, 0.1) is 22.6 Å². The van der Waals surface area contributed by atoms with Gasteiger partial charge in [0.1, 0.15) is 17.7 Å². The number of aromatic nitrogens is 1. The number of carbonyl (C=O) groups excluding carboxylic acids is 2. The zero-order valence-electron chi connectivity index (χ0n) is 18.7. The van der Waals surface area contributed by atoms with Crippen molar-refractivity contribution in [3.8, 4) is 0 Å². The lowest BCUT2D eigenvalue weighted by Crippen LogP contribution is -2.45. The molecular formula is C21H23ClN4O6S2. The third-order valence-corrected chi connectivity index (χ3v) is 6.65. The van der Waals surface area contributed by atoms with Gasteiger partial charge in [0.15, 0.2) is 10.8 Å². The number of aliphatic carboxylic acids is 1. The number of aliphatic imine (C=N–C) groups is 1. The summed E-state index contributed by atoms with van der Waals surface area (Å²) < 4.78 is 10.2. The molecule has 13 heteroatoms. The highest BCUT2D eigenvalue weighted by molar-refractivity contribution is 7.11. The van der Waals surface area contributed by atoms with Crippen molar-refractivity contribution in [1.29, 1.82) is 0 Å². The van der Waals surface area contributed by atoms with Crippen LogP contribution < -0.4 is 10.6 Å². The predicted octanol–water partition coefficient (Wildman–Crippen LogP) is 3.74. The van der Waals surface area contributed by atoms with E-state index in [0.29, 0.717) is 20.7 Å². The number of rotatable bonds is 7. The third-order valence-electron chi connectivity index (χ3n) is 4.46. The molecule has 182 valence electrons. The normalized spacial score (nSPS) is 16.9. The SMILES string of the molecule is COC(=O)C1=C(C[C@H](NC(=O)OC(C)(C)C)C(=O)O)NC(c2nccs2)=NC1c1sccc1Cl. The fourth-order valence-electron chi connectivity index (χ4n) is 3.10. The molecule has 1 aliphatic rings. The lowest BCUT2D eigenvalue weighted by molar-refractivity contribution is -0.140. The number of carboxylic acids is 1. The number of methoxy groups -OCH3 is 1. The van der Waals surface area contributed by atoms with Crippen molar-refractivity contribution in [2.24, 2.45) is 4.99 Å². The van der Waals surface area contributed by atoms with Crippen LogP contribution in [-0.4, -0.2) is 52.7 Å². The van der Waals surface area contributed by atoms with Crippen molar-refractivity contribution < 1.29 is 29.0 Å². The second kappa shape index (κ2) is 10.5. The van der Waals surface area contributed by atoms with E-state index in [0.717, 1.165) is 0 Å². The smallest absolute Gasteiger partial charge is 0.408 e. The summed E-state index contributed by atoms with van der Waals surface area (Å²) in [6, 6.07) is -0.584. The van der Waals surface area contributed by atoms with Gasteiger partial charge in [-0.25, -0.2) is 19.4 Å². The summed E-state index contributed by atoms with van der Waals surface area (Å²) in [7, 11) is 1.22. The van der Waals surface area contributed by atoms with Gasteiger partial charge in [-0.3, -0.25) is 4.99 Å². The minimum Gasteiger partial charge on any atom is -0.480 e. The highest BCUT2D eigenvalue weighted by Gasteiger charge is 2.36. The first-order valence-corrected chi connectivity index (χ1v) is 12.1. The standard InChI is InChI=1S/C21H23ClN4O6S2/c1-21(2,3)32-20(30)25-12(18(27)28)9-11-13(19(29)31-4)14(15-10(22)5-7-33-15)26-16(24-11)17-23-6-8-34-17/h5-8,12,14H,9H2,1-4H3,(H,24,26)(H,25,30)(H,27,28)/t12-,14?/m0/s1. The van der Waals surface area contributed by atoms with Crippen LogP contribution in [0.4, 0.5) is 4.79 Å². The number of hydrogen-bond acceptors (Lipinski definition) is 10. The molecule has 1 unspecified atom stereocenters. The molecule has 2 aromatic heterocycles. The number of amidine groups is 1. The molecule has 3 rings (SSSR count). The maximum Gasteiger partial charge on any atom is 0.408 e. The topological polar surface area (TPSA) is 139 Å². The lowest BCUT2D eigenvalue weighted by Gasteiger charge is -2.28. The van der Waals surface area contributed by atoms with Crippen LogP contribution in [-0.2, 0) is 19.1 Å². The summed E-state index contributed by atoms with van der Waals surface area (Å²) in [6.07, 6.45) is 0.423. The van der Waals surface area contributed by atoms with Crippen LogP contribution in [0.2, 0.25) is 5.02 Å². The van der Waals surface area contributed by atoms with Gasteiger partial charge < -0.3 is 25.2 Å². The molecule has 0 bridgehead atoms. The van der Waals surface area contributed by atoms with E-state index in [1.165, 1.54) is 29.8 Å². The highest BCUT2D eigenvalue weighted by atomic mass is 35.5. The molecule has 3 heterocycles. The van der Waals surface area contributed by atoms with Gasteiger partial charge in [-0.15, -0.1) is 22.7 Å². The number of amides is 1. The largest absolute Gasteiger partial charge is 0.480 e. The van der Waals surface area contributed by atoms with Crippen molar-refractivity contribution in [1.82, 2.24) is 15.6 Å². The number of nitrogens with one attached hydrogen (secondary N) is 2. The zero-order valence-corrected chi connectivity index (χ0v) is 21.1. The number of carbonyl (C=O) groups is 3. The second-order valence-corrected chi connectivity index (χ2v) is 10.3. The minimum atomic E-state index is -1.41. The molecule has 1 aliphatic heterocycles. The van der Waals surface area contributed by atoms with Gasteiger partial charge in [-0.2, -0.15) is 0 Å². The highest BCUT2D eigenvalue weighted by Crippen LogP contribution is 2.40. The number of alkyl carbamates (subject to hydrolysis) is 1. The Morgan fingerprint density at radius 1 is 1.29 bits per heavy atom. The molecular weight excluding hydrogens is 504 g/mol. The Bertz CT molecular complexity index is 1140. The van der Waals surface area contributed by atoms with E-state index >= 15 is 0 Å². The Hall–Kier alpha value is -2.96. The van der Waals surface area contributed by atoms with E-state index in [9.17, 15) is 19.5 Å². The molecule has 0 aromatic carbocycles. The molecule has 2 aromatic rings. The van der Waals surface area contributed by atoms with Gasteiger partial charge in [0.25, 0.3) is 0 Å². The van der Waals surface area contributed by atoms with Crippen LogP contribution in [0.15, 0.2) is 39.3 Å². The van der Waals surface area contributed by atoms with Crippen LogP contribution in [0, 0.1) is 0 Å². The van der Waals surface area contributed by atoms with Gasteiger partial charge >= 0.3 is 18.0 Å². The number of esters is 1. The fraction of sp³-hybridized carbons (Fsp3) is 0.381. The number of carboxylic acid groups (broad SMARTS) is 1. The number of ether oxygens (including phenoxy) is 2. The molecule has 0 saturated carbocycles. The van der Waals surface area contributed by atoms with E-state index in [4.69, 9.17) is 21.1 Å². The third kappa shape index (κ3) is 6.13. The van der Waals surface area contributed by atoms with E-state index in [1.807, 2.05) is 0 Å². The molecule has 0 spiro atoms. The molecule has 2 atom stereocenters. The Morgan fingerprint density at radius 2 is 2.03 bits per heavy atom. The van der Waals surface area contributed by atoms with Crippen LogP contribution in [0.5, 0.6) is 0 Å². The summed E-state index contributed by atoms with van der Waals surface area (Å²) >= 11 is 8.97. The monoisotopic (exact) mass is 526 g/mol. The number of hydrogen-bond donors (Lipinski definition) is 3. The van der Waals surface area contributed by atoms with E-state index in [1.54, 1.807) is 43.8 Å². The van der Waals surface area contributed by atoms with Gasteiger partial charge in [0.2, 0.25) is 0 Å². The number of thiazole rings is 1. The summed E-state index contributed by atoms with van der Waals surface area (Å²) in [5, 5.41) is 19.6. The maximum atomic E-state index is 12.8. The number of halogens is 1. The van der Waals surface area contributed by atoms with Crippen molar-refractivity contribution >= 4 is 58.1 Å². The average Bonchev–Trinajstić information content (AvgIpc) is 3.42. The fourth-order valence-corrected chi connectivity index (χ4v) is 4.89. The molecule has 0 saturated heterocycles. The maximum absolute atomic E-state index is 12.8. The van der Waals surface area contributed by atoms with Crippen LogP contribution in [0.25, 0.3) is 0 Å². The average molecular weight is 527 g/mol. The summed E-state index contributed by atoms with van der Waals surface area (Å²) in [5.74, 6) is -1.68. The van der Waals surface area contributed by atoms with E-state index < -0.39 is 35.7 Å². The molecule has 10 nitrogen and oxygen atoms in total. The van der Waals surface area contributed by atoms with Gasteiger partial charge in [-0.1, -0.05) is 11.6 Å². The second-order valence-electron chi connectivity index (χ2n) is 8.10. The first kappa shape index (κ1) is 25.7. The summed E-state index contributed by atoms with van der Waals surface area (Å²) in [6.45, 7) is 4.99. The lowest BCUT2D eigenvalue weighted by atomic mass is 9.97. The molecule has 0 fully saturated rings. The van der Waals surface area contributed by atoms with Crippen LogP contribution in [0.1, 0.15) is 43.1 Å². The minimum absolute atomic E-state index is 0.0874. The Balaban J connectivity index is 2.04.